The lowest BCUT2D eigenvalue weighted by Crippen LogP contribution is -2.30. The van der Waals surface area contributed by atoms with E-state index in [1.165, 1.54) is 24.8 Å². The van der Waals surface area contributed by atoms with Crippen molar-refractivity contribution in [3.05, 3.63) is 12.2 Å². The smallest absolute Gasteiger partial charge is 0.0512 e. The summed E-state index contributed by atoms with van der Waals surface area (Å²) in [5.41, 5.74) is 1.80. The summed E-state index contributed by atoms with van der Waals surface area (Å²) in [5.74, 6) is 0.617. The number of aliphatic hydroxyl groups excluding tert-OH is 1. The Morgan fingerprint density at radius 1 is 1.57 bits per heavy atom. The first-order valence-corrected chi connectivity index (χ1v) is 5.79. The Kier molecular flexibility index (Phi) is 3.77. The van der Waals surface area contributed by atoms with E-state index in [-0.39, 0.29) is 6.10 Å². The molecule has 0 bridgehead atoms. The van der Waals surface area contributed by atoms with Crippen molar-refractivity contribution in [2.75, 3.05) is 0 Å². The summed E-state index contributed by atoms with van der Waals surface area (Å²) in [6, 6.07) is 0. The quantitative estimate of drug-likeness (QED) is 0.685. The van der Waals surface area contributed by atoms with Gasteiger partial charge in [-0.3, -0.25) is 0 Å². The molecule has 1 N–H and O–H groups in total. The van der Waals surface area contributed by atoms with Gasteiger partial charge >= 0.3 is 0 Å². The molecule has 0 aromatic heterocycles. The van der Waals surface area contributed by atoms with Crippen LogP contribution in [0.2, 0.25) is 0 Å². The molecule has 1 aliphatic rings. The molecule has 2 atom stereocenters. The van der Waals surface area contributed by atoms with E-state index >= 15 is 0 Å². The Balaban J connectivity index is 2.56. The van der Waals surface area contributed by atoms with Gasteiger partial charge in [-0.05, 0) is 50.4 Å². The summed E-state index contributed by atoms with van der Waals surface area (Å²) in [6.45, 7) is 10.7. The van der Waals surface area contributed by atoms with Crippen molar-refractivity contribution >= 4 is 0 Å². The van der Waals surface area contributed by atoms with Gasteiger partial charge in [0, 0.05) is 0 Å². The standard InChI is InChI=1S/C13H24O/c1-10-6-5-9-13(3,4)12(10)8-7-11(2)14/h11-12,14H,1,5-9H2,2-4H3/t11?,12-/m0/s1. The summed E-state index contributed by atoms with van der Waals surface area (Å²) >= 11 is 0. The maximum atomic E-state index is 9.31. The van der Waals surface area contributed by atoms with E-state index < -0.39 is 0 Å². The molecule has 0 heterocycles. The number of hydrogen-bond donors (Lipinski definition) is 1. The molecule has 0 radical (unpaired) electrons. The fourth-order valence-corrected chi connectivity index (χ4v) is 2.67. The highest BCUT2D eigenvalue weighted by atomic mass is 16.3. The Bertz CT molecular complexity index is 203. The summed E-state index contributed by atoms with van der Waals surface area (Å²) in [4.78, 5) is 0. The number of rotatable bonds is 3. The predicted molar refractivity (Wildman–Crippen MR) is 61.2 cm³/mol. The number of allylic oxidation sites excluding steroid dienone is 1. The second-order valence-corrected chi connectivity index (χ2v) is 5.48. The summed E-state index contributed by atoms with van der Waals surface area (Å²) in [6.07, 6.45) is 5.62. The van der Waals surface area contributed by atoms with Crippen LogP contribution in [0.1, 0.15) is 52.9 Å². The molecule has 1 nitrogen and oxygen atoms in total. The van der Waals surface area contributed by atoms with Crippen molar-refractivity contribution in [3.63, 3.8) is 0 Å². The van der Waals surface area contributed by atoms with Gasteiger partial charge in [-0.2, -0.15) is 0 Å². The van der Waals surface area contributed by atoms with Gasteiger partial charge in [0.05, 0.1) is 6.10 Å². The van der Waals surface area contributed by atoms with Crippen LogP contribution in [-0.4, -0.2) is 11.2 Å². The summed E-state index contributed by atoms with van der Waals surface area (Å²) in [5, 5.41) is 9.31. The van der Waals surface area contributed by atoms with Crippen LogP contribution >= 0.6 is 0 Å². The average molecular weight is 196 g/mol. The SMILES string of the molecule is C=C1CCCC(C)(C)[C@H]1CCC(C)O. The minimum atomic E-state index is -0.166. The molecule has 1 saturated carbocycles. The predicted octanol–water partition coefficient (Wildman–Crippen LogP) is 3.53. The van der Waals surface area contributed by atoms with E-state index in [1.54, 1.807) is 0 Å². The van der Waals surface area contributed by atoms with Crippen molar-refractivity contribution in [3.8, 4) is 0 Å². The second kappa shape index (κ2) is 4.48. The molecule has 0 spiro atoms. The van der Waals surface area contributed by atoms with Crippen LogP contribution in [0.3, 0.4) is 0 Å². The zero-order valence-corrected chi connectivity index (χ0v) is 9.84. The largest absolute Gasteiger partial charge is 0.393 e. The highest BCUT2D eigenvalue weighted by molar-refractivity contribution is 5.09. The lowest BCUT2D eigenvalue weighted by molar-refractivity contribution is 0.135. The highest BCUT2D eigenvalue weighted by Crippen LogP contribution is 2.45. The van der Waals surface area contributed by atoms with Gasteiger partial charge < -0.3 is 5.11 Å². The first-order chi connectivity index (χ1) is 6.43. The number of hydrogen-bond acceptors (Lipinski definition) is 1. The van der Waals surface area contributed by atoms with Crippen LogP contribution in [0.4, 0.5) is 0 Å². The van der Waals surface area contributed by atoms with E-state index in [0.717, 1.165) is 12.8 Å². The fraction of sp³-hybridized carbons (Fsp3) is 0.846. The zero-order valence-electron chi connectivity index (χ0n) is 9.84. The van der Waals surface area contributed by atoms with Crippen molar-refractivity contribution in [1.82, 2.24) is 0 Å². The maximum absolute atomic E-state index is 9.31. The van der Waals surface area contributed by atoms with Crippen molar-refractivity contribution in [2.45, 2.75) is 59.0 Å². The molecule has 0 saturated heterocycles. The second-order valence-electron chi connectivity index (χ2n) is 5.48. The van der Waals surface area contributed by atoms with Gasteiger partial charge in [0.25, 0.3) is 0 Å². The van der Waals surface area contributed by atoms with E-state index in [9.17, 15) is 5.11 Å². The molecular weight excluding hydrogens is 172 g/mol. The molecule has 1 unspecified atom stereocenters. The van der Waals surface area contributed by atoms with Gasteiger partial charge in [0.2, 0.25) is 0 Å². The molecule has 14 heavy (non-hydrogen) atoms. The summed E-state index contributed by atoms with van der Waals surface area (Å²) in [7, 11) is 0. The van der Waals surface area contributed by atoms with Crippen LogP contribution in [0.5, 0.6) is 0 Å². The highest BCUT2D eigenvalue weighted by Gasteiger charge is 2.33. The van der Waals surface area contributed by atoms with Crippen LogP contribution in [-0.2, 0) is 0 Å². The van der Waals surface area contributed by atoms with Gasteiger partial charge in [-0.15, -0.1) is 0 Å². The monoisotopic (exact) mass is 196 g/mol. The van der Waals surface area contributed by atoms with E-state index in [1.807, 2.05) is 6.92 Å². The van der Waals surface area contributed by atoms with Gasteiger partial charge in [-0.25, -0.2) is 0 Å². The number of aliphatic hydroxyl groups is 1. The van der Waals surface area contributed by atoms with E-state index in [2.05, 4.69) is 20.4 Å². The third-order valence-electron chi connectivity index (χ3n) is 3.63. The van der Waals surface area contributed by atoms with Gasteiger partial charge in [0.15, 0.2) is 0 Å². The van der Waals surface area contributed by atoms with Crippen molar-refractivity contribution in [1.29, 1.82) is 0 Å². The van der Waals surface area contributed by atoms with Crippen LogP contribution in [0.25, 0.3) is 0 Å². The Hall–Kier alpha value is -0.300. The van der Waals surface area contributed by atoms with Crippen molar-refractivity contribution < 1.29 is 5.11 Å². The molecule has 0 aromatic rings. The Labute approximate surface area is 88.2 Å². The minimum Gasteiger partial charge on any atom is -0.393 e. The third kappa shape index (κ3) is 2.84. The molecule has 1 rings (SSSR count). The van der Waals surface area contributed by atoms with Crippen molar-refractivity contribution in [2.24, 2.45) is 11.3 Å². The molecule has 0 amide bonds. The van der Waals surface area contributed by atoms with E-state index in [4.69, 9.17) is 0 Å². The summed E-state index contributed by atoms with van der Waals surface area (Å²) < 4.78 is 0. The molecule has 0 aromatic carbocycles. The third-order valence-corrected chi connectivity index (χ3v) is 3.63. The average Bonchev–Trinajstić information content (AvgIpc) is 2.01. The van der Waals surface area contributed by atoms with E-state index in [0.29, 0.717) is 11.3 Å². The van der Waals surface area contributed by atoms with Crippen LogP contribution < -0.4 is 0 Å². The molecule has 1 heteroatoms. The van der Waals surface area contributed by atoms with Crippen LogP contribution in [0, 0.1) is 11.3 Å². The minimum absolute atomic E-state index is 0.166. The lowest BCUT2D eigenvalue weighted by Gasteiger charge is -2.40. The zero-order chi connectivity index (χ0) is 10.8. The van der Waals surface area contributed by atoms with Crippen LogP contribution in [0.15, 0.2) is 12.2 Å². The Morgan fingerprint density at radius 3 is 2.71 bits per heavy atom. The van der Waals surface area contributed by atoms with Gasteiger partial charge in [0.1, 0.15) is 0 Å². The Morgan fingerprint density at radius 2 is 2.21 bits per heavy atom. The first kappa shape index (κ1) is 11.8. The molecule has 0 aliphatic heterocycles. The molecule has 82 valence electrons. The molecule has 1 aliphatic carbocycles. The molecule has 1 fully saturated rings. The molecular formula is C13H24O. The lowest BCUT2D eigenvalue weighted by atomic mass is 9.65. The first-order valence-electron chi connectivity index (χ1n) is 5.79. The fourth-order valence-electron chi connectivity index (χ4n) is 2.67. The maximum Gasteiger partial charge on any atom is 0.0512 e. The topological polar surface area (TPSA) is 20.2 Å². The normalized spacial score (nSPS) is 28.9. The van der Waals surface area contributed by atoms with Gasteiger partial charge in [-0.1, -0.05) is 26.0 Å².